The fourth-order valence-corrected chi connectivity index (χ4v) is 1.56. The third-order valence-corrected chi connectivity index (χ3v) is 2.64. The van der Waals surface area contributed by atoms with Crippen LogP contribution in [0.4, 0.5) is 11.5 Å². The number of nitrogen functional groups attached to an aromatic ring is 1. The largest absolute Gasteiger partial charge is 0.397 e. The Labute approximate surface area is 98.5 Å². The summed E-state index contributed by atoms with van der Waals surface area (Å²) < 4.78 is 0. The highest BCUT2D eigenvalue weighted by atomic mass is 15.0. The first-order valence-corrected chi connectivity index (χ1v) is 6.06. The molecular formula is C13H23N3. The van der Waals surface area contributed by atoms with Crippen molar-refractivity contribution in [1.82, 2.24) is 4.98 Å². The van der Waals surface area contributed by atoms with Crippen LogP contribution in [-0.2, 0) is 0 Å². The van der Waals surface area contributed by atoms with Gasteiger partial charge in [0.15, 0.2) is 0 Å². The van der Waals surface area contributed by atoms with Gasteiger partial charge in [0.2, 0.25) is 0 Å². The number of anilines is 2. The molecule has 1 rings (SSSR count). The summed E-state index contributed by atoms with van der Waals surface area (Å²) in [6.07, 6.45) is 3.78. The van der Waals surface area contributed by atoms with E-state index in [-0.39, 0.29) is 0 Å². The topological polar surface area (TPSA) is 50.9 Å². The molecule has 16 heavy (non-hydrogen) atoms. The summed E-state index contributed by atoms with van der Waals surface area (Å²) in [4.78, 5) is 4.37. The second-order valence-corrected chi connectivity index (χ2v) is 4.69. The molecule has 0 unspecified atom stereocenters. The average Bonchev–Trinajstić information content (AvgIpc) is 2.22. The molecule has 0 saturated carbocycles. The van der Waals surface area contributed by atoms with Crippen LogP contribution < -0.4 is 11.1 Å². The maximum absolute atomic E-state index is 5.71. The van der Waals surface area contributed by atoms with E-state index in [0.717, 1.165) is 29.7 Å². The van der Waals surface area contributed by atoms with Crippen molar-refractivity contribution in [1.29, 1.82) is 0 Å². The maximum Gasteiger partial charge on any atom is 0.126 e. The van der Waals surface area contributed by atoms with Gasteiger partial charge in [0, 0.05) is 6.54 Å². The highest BCUT2D eigenvalue weighted by Gasteiger charge is 1.98. The van der Waals surface area contributed by atoms with Crippen molar-refractivity contribution < 1.29 is 0 Å². The third-order valence-electron chi connectivity index (χ3n) is 2.64. The standard InChI is InChI=1S/C13H23N3/c1-10(2)6-4-5-9-15-13-8-7-12(14)11(3)16-13/h7-8,10H,4-6,9,14H2,1-3H3,(H,15,16). The fraction of sp³-hybridized carbons (Fsp3) is 0.615. The van der Waals surface area contributed by atoms with Gasteiger partial charge in [-0.2, -0.15) is 0 Å². The predicted octanol–water partition coefficient (Wildman–Crippen LogP) is 3.21. The van der Waals surface area contributed by atoms with Gasteiger partial charge >= 0.3 is 0 Å². The van der Waals surface area contributed by atoms with Crippen molar-refractivity contribution >= 4 is 11.5 Å². The number of nitrogens with two attached hydrogens (primary N) is 1. The van der Waals surface area contributed by atoms with Gasteiger partial charge in [0.05, 0.1) is 11.4 Å². The van der Waals surface area contributed by atoms with E-state index in [0.29, 0.717) is 0 Å². The number of hydrogen-bond donors (Lipinski definition) is 2. The van der Waals surface area contributed by atoms with Crippen LogP contribution >= 0.6 is 0 Å². The van der Waals surface area contributed by atoms with Crippen LogP contribution in [0.5, 0.6) is 0 Å². The number of nitrogens with zero attached hydrogens (tertiary/aromatic N) is 1. The Bertz CT molecular complexity index is 321. The molecule has 1 aromatic heterocycles. The molecule has 0 bridgehead atoms. The van der Waals surface area contributed by atoms with Crippen LogP contribution in [0.25, 0.3) is 0 Å². The van der Waals surface area contributed by atoms with Crippen molar-refractivity contribution in [2.24, 2.45) is 5.92 Å². The number of rotatable bonds is 6. The molecular weight excluding hydrogens is 198 g/mol. The molecule has 1 heterocycles. The van der Waals surface area contributed by atoms with Gasteiger partial charge in [-0.25, -0.2) is 4.98 Å². The Balaban J connectivity index is 2.24. The SMILES string of the molecule is Cc1nc(NCCCCC(C)C)ccc1N. The lowest BCUT2D eigenvalue weighted by Gasteiger charge is -2.08. The van der Waals surface area contributed by atoms with Gasteiger partial charge in [0.1, 0.15) is 5.82 Å². The van der Waals surface area contributed by atoms with Crippen molar-refractivity contribution in [2.45, 2.75) is 40.0 Å². The lowest BCUT2D eigenvalue weighted by molar-refractivity contribution is 0.544. The summed E-state index contributed by atoms with van der Waals surface area (Å²) in [5.41, 5.74) is 7.36. The molecule has 0 aromatic carbocycles. The summed E-state index contributed by atoms with van der Waals surface area (Å²) in [6.45, 7) is 7.44. The van der Waals surface area contributed by atoms with Crippen LogP contribution in [-0.4, -0.2) is 11.5 Å². The molecule has 3 nitrogen and oxygen atoms in total. The first-order chi connectivity index (χ1) is 7.59. The van der Waals surface area contributed by atoms with Gasteiger partial charge in [-0.15, -0.1) is 0 Å². The molecule has 1 aromatic rings. The zero-order valence-corrected chi connectivity index (χ0v) is 10.6. The summed E-state index contributed by atoms with van der Waals surface area (Å²) in [5, 5.41) is 3.32. The Morgan fingerprint density at radius 2 is 2.06 bits per heavy atom. The Hall–Kier alpha value is -1.25. The molecule has 0 aliphatic carbocycles. The molecule has 3 N–H and O–H groups in total. The minimum atomic E-state index is 0.755. The maximum atomic E-state index is 5.71. The van der Waals surface area contributed by atoms with E-state index in [2.05, 4.69) is 24.1 Å². The van der Waals surface area contributed by atoms with Crippen LogP contribution in [0.3, 0.4) is 0 Å². The highest BCUT2D eigenvalue weighted by molar-refractivity contribution is 5.48. The second-order valence-electron chi connectivity index (χ2n) is 4.69. The minimum Gasteiger partial charge on any atom is -0.397 e. The normalized spacial score (nSPS) is 10.8. The van der Waals surface area contributed by atoms with Gasteiger partial charge in [0.25, 0.3) is 0 Å². The summed E-state index contributed by atoms with van der Waals surface area (Å²) in [6, 6.07) is 3.84. The van der Waals surface area contributed by atoms with Crippen LogP contribution in [0.2, 0.25) is 0 Å². The molecule has 0 saturated heterocycles. The van der Waals surface area contributed by atoms with Gasteiger partial charge in [-0.3, -0.25) is 0 Å². The van der Waals surface area contributed by atoms with E-state index in [1.54, 1.807) is 0 Å². The summed E-state index contributed by atoms with van der Waals surface area (Å²) >= 11 is 0. The first-order valence-electron chi connectivity index (χ1n) is 6.06. The van der Waals surface area contributed by atoms with Crippen LogP contribution in [0.15, 0.2) is 12.1 Å². The Morgan fingerprint density at radius 3 is 2.69 bits per heavy atom. The monoisotopic (exact) mass is 221 g/mol. The number of aryl methyl sites for hydroxylation is 1. The minimum absolute atomic E-state index is 0.755. The van der Waals surface area contributed by atoms with E-state index in [4.69, 9.17) is 5.73 Å². The van der Waals surface area contributed by atoms with Crippen LogP contribution in [0.1, 0.15) is 38.8 Å². The Morgan fingerprint density at radius 1 is 1.31 bits per heavy atom. The van der Waals surface area contributed by atoms with Crippen molar-refractivity contribution in [3.8, 4) is 0 Å². The average molecular weight is 221 g/mol. The molecule has 3 heteroatoms. The van der Waals surface area contributed by atoms with Crippen molar-refractivity contribution in [3.05, 3.63) is 17.8 Å². The van der Waals surface area contributed by atoms with Crippen molar-refractivity contribution in [3.63, 3.8) is 0 Å². The predicted molar refractivity (Wildman–Crippen MR) is 70.6 cm³/mol. The molecule has 0 atom stereocenters. The quantitative estimate of drug-likeness (QED) is 0.725. The number of hydrogen-bond acceptors (Lipinski definition) is 3. The molecule has 0 radical (unpaired) electrons. The van der Waals surface area contributed by atoms with Crippen LogP contribution in [0, 0.1) is 12.8 Å². The smallest absolute Gasteiger partial charge is 0.126 e. The zero-order valence-electron chi connectivity index (χ0n) is 10.6. The van der Waals surface area contributed by atoms with Gasteiger partial charge in [-0.1, -0.05) is 26.7 Å². The van der Waals surface area contributed by atoms with Gasteiger partial charge < -0.3 is 11.1 Å². The van der Waals surface area contributed by atoms with E-state index in [9.17, 15) is 0 Å². The van der Waals surface area contributed by atoms with E-state index < -0.39 is 0 Å². The second kappa shape index (κ2) is 6.36. The molecule has 0 amide bonds. The number of pyridine rings is 1. The highest BCUT2D eigenvalue weighted by Crippen LogP contribution is 2.12. The molecule has 0 aliphatic rings. The number of nitrogens with one attached hydrogen (secondary N) is 1. The molecule has 90 valence electrons. The molecule has 0 spiro atoms. The zero-order chi connectivity index (χ0) is 12.0. The third kappa shape index (κ3) is 4.51. The molecule has 0 aliphatic heterocycles. The lowest BCUT2D eigenvalue weighted by atomic mass is 10.1. The number of aromatic nitrogens is 1. The van der Waals surface area contributed by atoms with E-state index >= 15 is 0 Å². The summed E-state index contributed by atoms with van der Waals surface area (Å²) in [7, 11) is 0. The van der Waals surface area contributed by atoms with Crippen molar-refractivity contribution in [2.75, 3.05) is 17.6 Å². The Kier molecular flexibility index (Phi) is 5.09. The fourth-order valence-electron chi connectivity index (χ4n) is 1.56. The number of unbranched alkanes of at least 4 members (excludes halogenated alkanes) is 1. The first kappa shape index (κ1) is 12.8. The summed E-state index contributed by atoms with van der Waals surface area (Å²) in [5.74, 6) is 1.73. The lowest BCUT2D eigenvalue weighted by Crippen LogP contribution is -2.05. The van der Waals surface area contributed by atoms with E-state index in [1.807, 2.05) is 19.1 Å². The molecule has 0 fully saturated rings. The van der Waals surface area contributed by atoms with Gasteiger partial charge in [-0.05, 0) is 31.4 Å². The van der Waals surface area contributed by atoms with E-state index in [1.165, 1.54) is 19.3 Å².